The van der Waals surface area contributed by atoms with Gasteiger partial charge in [0.25, 0.3) is 5.56 Å². The van der Waals surface area contributed by atoms with E-state index in [-0.39, 0.29) is 29.9 Å². The molecule has 1 aromatic rings. The molecule has 4 rings (SSSR count). The summed E-state index contributed by atoms with van der Waals surface area (Å²) in [7, 11) is 0. The number of hydrogen-bond acceptors (Lipinski definition) is 5. The molecule has 0 aliphatic carbocycles. The van der Waals surface area contributed by atoms with Crippen molar-refractivity contribution in [3.05, 3.63) is 27.9 Å². The Balaban J connectivity index is 1.31. The minimum Gasteiger partial charge on any atom is -0.370 e. The van der Waals surface area contributed by atoms with E-state index >= 15 is 0 Å². The first-order valence-electron chi connectivity index (χ1n) is 10.4. The zero-order valence-electron chi connectivity index (χ0n) is 16.3. The van der Waals surface area contributed by atoms with Crippen LogP contribution in [-0.4, -0.2) is 70.6 Å². The number of hydrogen-bond donors (Lipinski definition) is 0. The number of aryl methyl sites for hydroxylation is 1. The fraction of sp³-hybridized carbons (Fsp3) is 0.700. The van der Waals surface area contributed by atoms with Crippen molar-refractivity contribution in [3.8, 4) is 0 Å². The van der Waals surface area contributed by atoms with Crippen molar-refractivity contribution in [1.82, 2.24) is 19.4 Å². The van der Waals surface area contributed by atoms with Crippen molar-refractivity contribution >= 4 is 11.8 Å². The van der Waals surface area contributed by atoms with E-state index in [1.807, 2.05) is 4.90 Å². The Bertz CT molecular complexity index is 806. The highest BCUT2D eigenvalue weighted by atomic mass is 16.5. The third kappa shape index (κ3) is 4.11. The molecular weight excluding hydrogens is 360 g/mol. The zero-order valence-corrected chi connectivity index (χ0v) is 16.3. The van der Waals surface area contributed by atoms with E-state index in [4.69, 9.17) is 4.74 Å². The maximum Gasteiger partial charge on any atom is 0.273 e. The number of fused-ring (bicyclic) bond motifs is 1. The topological polar surface area (TPSA) is 84.7 Å². The van der Waals surface area contributed by atoms with Gasteiger partial charge in [0.1, 0.15) is 12.4 Å². The summed E-state index contributed by atoms with van der Waals surface area (Å²) in [4.78, 5) is 43.9. The summed E-state index contributed by atoms with van der Waals surface area (Å²) in [6, 6.07) is 1.65. The van der Waals surface area contributed by atoms with Crippen molar-refractivity contribution in [3.63, 3.8) is 0 Å². The van der Waals surface area contributed by atoms with Crippen LogP contribution in [0.1, 0.15) is 49.5 Å². The normalized spacial score (nSPS) is 22.0. The van der Waals surface area contributed by atoms with Gasteiger partial charge in [-0.25, -0.2) is 0 Å². The third-order valence-electron chi connectivity index (χ3n) is 6.01. The molecule has 0 spiro atoms. The lowest BCUT2D eigenvalue weighted by molar-refractivity contribution is -0.137. The van der Waals surface area contributed by atoms with Gasteiger partial charge in [0, 0.05) is 63.2 Å². The lowest BCUT2D eigenvalue weighted by Gasteiger charge is -2.34. The van der Waals surface area contributed by atoms with Gasteiger partial charge in [-0.2, -0.15) is 4.98 Å². The molecule has 3 aliphatic rings. The van der Waals surface area contributed by atoms with Crippen LogP contribution in [0.4, 0.5) is 0 Å². The minimum atomic E-state index is -0.175. The SMILES string of the molecule is O=C1CCCN1CCOCC(=O)N1CCC[C@@H](c2cc(=O)nc3n2CCC3)C1. The van der Waals surface area contributed by atoms with E-state index in [9.17, 15) is 14.4 Å². The molecule has 0 unspecified atom stereocenters. The van der Waals surface area contributed by atoms with Crippen LogP contribution in [0.5, 0.6) is 0 Å². The molecule has 1 atom stereocenters. The van der Waals surface area contributed by atoms with Gasteiger partial charge in [-0.1, -0.05) is 0 Å². The molecule has 0 aromatic carbocycles. The second kappa shape index (κ2) is 8.43. The predicted octanol–water partition coefficient (Wildman–Crippen LogP) is 0.535. The standard InChI is InChI=1S/C20H28N4O4/c25-18-12-16(24-9-2-5-17(24)21-18)15-4-1-8-23(13-15)20(27)14-28-11-10-22-7-3-6-19(22)26/h12,15H,1-11,13-14H2/t15-/m1/s1. The number of rotatable bonds is 6. The van der Waals surface area contributed by atoms with E-state index in [1.165, 1.54) is 0 Å². The van der Waals surface area contributed by atoms with E-state index in [1.54, 1.807) is 11.0 Å². The number of aromatic nitrogens is 2. The molecule has 0 saturated carbocycles. The average Bonchev–Trinajstić information content (AvgIpc) is 3.33. The number of nitrogens with zero attached hydrogens (tertiary/aromatic N) is 4. The van der Waals surface area contributed by atoms with Crippen LogP contribution < -0.4 is 5.56 Å². The quantitative estimate of drug-likeness (QED) is 0.664. The highest BCUT2D eigenvalue weighted by molar-refractivity contribution is 5.78. The number of ether oxygens (including phenoxy) is 1. The summed E-state index contributed by atoms with van der Waals surface area (Å²) in [6.07, 6.45) is 5.30. The van der Waals surface area contributed by atoms with Crippen LogP contribution in [0.3, 0.4) is 0 Å². The van der Waals surface area contributed by atoms with Gasteiger partial charge in [-0.3, -0.25) is 14.4 Å². The molecule has 0 bridgehead atoms. The second-order valence-corrected chi connectivity index (χ2v) is 7.91. The summed E-state index contributed by atoms with van der Waals surface area (Å²) >= 11 is 0. The van der Waals surface area contributed by atoms with Crippen LogP contribution in [0.2, 0.25) is 0 Å². The molecular formula is C20H28N4O4. The Morgan fingerprint density at radius 2 is 2.00 bits per heavy atom. The largest absolute Gasteiger partial charge is 0.370 e. The highest BCUT2D eigenvalue weighted by Crippen LogP contribution is 2.28. The first kappa shape index (κ1) is 19.1. The molecule has 4 heterocycles. The van der Waals surface area contributed by atoms with Crippen LogP contribution in [0.25, 0.3) is 0 Å². The summed E-state index contributed by atoms with van der Waals surface area (Å²) in [5, 5.41) is 0. The van der Waals surface area contributed by atoms with Gasteiger partial charge in [0.15, 0.2) is 0 Å². The van der Waals surface area contributed by atoms with E-state index in [0.717, 1.165) is 63.3 Å². The predicted molar refractivity (Wildman–Crippen MR) is 102 cm³/mol. The molecule has 8 nitrogen and oxygen atoms in total. The average molecular weight is 388 g/mol. The summed E-state index contributed by atoms with van der Waals surface area (Å²) < 4.78 is 7.71. The Hall–Kier alpha value is -2.22. The number of piperidine rings is 1. The van der Waals surface area contributed by atoms with Gasteiger partial charge in [0.2, 0.25) is 11.8 Å². The smallest absolute Gasteiger partial charge is 0.273 e. The molecule has 2 amide bonds. The number of amides is 2. The minimum absolute atomic E-state index is 0.0181. The fourth-order valence-corrected chi connectivity index (χ4v) is 4.57. The molecule has 2 saturated heterocycles. The van der Waals surface area contributed by atoms with Gasteiger partial charge in [0.05, 0.1) is 6.61 Å². The van der Waals surface area contributed by atoms with Gasteiger partial charge in [-0.15, -0.1) is 0 Å². The van der Waals surface area contributed by atoms with Crippen molar-refractivity contribution in [2.45, 2.75) is 51.0 Å². The van der Waals surface area contributed by atoms with Crippen LogP contribution in [0, 0.1) is 0 Å². The second-order valence-electron chi connectivity index (χ2n) is 7.91. The zero-order chi connectivity index (χ0) is 19.5. The Labute approximate surface area is 164 Å². The summed E-state index contributed by atoms with van der Waals surface area (Å²) in [5.74, 6) is 1.21. The van der Waals surface area contributed by atoms with Crippen LogP contribution in [-0.2, 0) is 27.3 Å². The molecule has 8 heteroatoms. The van der Waals surface area contributed by atoms with E-state index in [0.29, 0.717) is 26.1 Å². The highest BCUT2D eigenvalue weighted by Gasteiger charge is 2.28. The van der Waals surface area contributed by atoms with Crippen LogP contribution in [0.15, 0.2) is 10.9 Å². The monoisotopic (exact) mass is 388 g/mol. The van der Waals surface area contributed by atoms with Crippen molar-refractivity contribution < 1.29 is 14.3 Å². The fourth-order valence-electron chi connectivity index (χ4n) is 4.57. The Morgan fingerprint density at radius 3 is 2.82 bits per heavy atom. The maximum absolute atomic E-state index is 12.6. The first-order valence-corrected chi connectivity index (χ1v) is 10.4. The van der Waals surface area contributed by atoms with Gasteiger partial charge >= 0.3 is 0 Å². The number of likely N-dealkylation sites (tertiary alicyclic amines) is 2. The van der Waals surface area contributed by atoms with Gasteiger partial charge in [-0.05, 0) is 25.7 Å². The van der Waals surface area contributed by atoms with E-state index < -0.39 is 0 Å². The van der Waals surface area contributed by atoms with Crippen molar-refractivity contribution in [2.24, 2.45) is 0 Å². The molecule has 0 radical (unpaired) electrons. The van der Waals surface area contributed by atoms with E-state index in [2.05, 4.69) is 9.55 Å². The molecule has 1 aromatic heterocycles. The van der Waals surface area contributed by atoms with Crippen molar-refractivity contribution in [2.75, 3.05) is 39.4 Å². The van der Waals surface area contributed by atoms with Crippen LogP contribution >= 0.6 is 0 Å². The maximum atomic E-state index is 12.6. The molecule has 2 fully saturated rings. The summed E-state index contributed by atoms with van der Waals surface area (Å²) in [5.41, 5.74) is 0.852. The first-order chi connectivity index (χ1) is 13.6. The van der Waals surface area contributed by atoms with Gasteiger partial charge < -0.3 is 19.1 Å². The number of carbonyl (C=O) groups is 2. The Kier molecular flexibility index (Phi) is 5.75. The summed E-state index contributed by atoms with van der Waals surface area (Å²) in [6.45, 7) is 4.04. The Morgan fingerprint density at radius 1 is 1.14 bits per heavy atom. The van der Waals surface area contributed by atoms with Crippen molar-refractivity contribution in [1.29, 1.82) is 0 Å². The lowest BCUT2D eigenvalue weighted by Crippen LogP contribution is -2.42. The molecule has 3 aliphatic heterocycles. The molecule has 0 N–H and O–H groups in total. The molecule has 28 heavy (non-hydrogen) atoms. The molecule has 152 valence electrons. The lowest BCUT2D eigenvalue weighted by atomic mass is 9.94. The third-order valence-corrected chi connectivity index (χ3v) is 6.01. The number of carbonyl (C=O) groups excluding carboxylic acids is 2.